The van der Waals surface area contributed by atoms with Crippen molar-refractivity contribution in [2.45, 2.75) is 0 Å². The lowest BCUT2D eigenvalue weighted by atomic mass is 10.1. The second-order valence-electron chi connectivity index (χ2n) is 2.02. The first-order chi connectivity index (χ1) is 3.84. The van der Waals surface area contributed by atoms with Crippen molar-refractivity contribution in [3.63, 3.8) is 0 Å². The van der Waals surface area contributed by atoms with E-state index in [1.807, 2.05) is 6.08 Å². The smallest absolute Gasteiger partial charge is 0.0681 e. The molecule has 1 unspecified atom stereocenters. The quantitative estimate of drug-likeness (QED) is 0.463. The summed E-state index contributed by atoms with van der Waals surface area (Å²) in [4.78, 5) is 0. The summed E-state index contributed by atoms with van der Waals surface area (Å²) in [5, 5.41) is 0. The SMILES string of the molecule is C=CC1COCC1=C. The molecule has 1 aliphatic heterocycles. The lowest BCUT2D eigenvalue weighted by molar-refractivity contribution is 0.195. The zero-order valence-corrected chi connectivity index (χ0v) is 4.89. The second kappa shape index (κ2) is 2.14. The molecule has 1 fully saturated rings. The number of hydrogen-bond donors (Lipinski definition) is 0. The summed E-state index contributed by atoms with van der Waals surface area (Å²) in [5.41, 5.74) is 1.15. The lowest BCUT2D eigenvalue weighted by Crippen LogP contribution is -1.93. The molecule has 1 nitrogen and oxygen atoms in total. The van der Waals surface area contributed by atoms with Crippen LogP contribution >= 0.6 is 0 Å². The van der Waals surface area contributed by atoms with Gasteiger partial charge in [0.05, 0.1) is 13.2 Å². The molecule has 1 saturated heterocycles. The van der Waals surface area contributed by atoms with Gasteiger partial charge in [-0.3, -0.25) is 0 Å². The first-order valence-electron chi connectivity index (χ1n) is 2.72. The molecule has 0 aromatic heterocycles. The highest BCUT2D eigenvalue weighted by atomic mass is 16.5. The number of rotatable bonds is 1. The Kier molecular flexibility index (Phi) is 1.49. The minimum atomic E-state index is 0.412. The van der Waals surface area contributed by atoms with E-state index in [0.717, 1.165) is 18.8 Å². The number of ether oxygens (including phenoxy) is 1. The Morgan fingerprint density at radius 2 is 2.50 bits per heavy atom. The molecule has 0 bridgehead atoms. The molecule has 0 spiro atoms. The molecule has 0 aliphatic carbocycles. The van der Waals surface area contributed by atoms with E-state index >= 15 is 0 Å². The molecule has 1 heterocycles. The highest BCUT2D eigenvalue weighted by Gasteiger charge is 2.15. The molecule has 0 radical (unpaired) electrons. The predicted octanol–water partition coefficient (Wildman–Crippen LogP) is 1.38. The third-order valence-electron chi connectivity index (χ3n) is 1.39. The largest absolute Gasteiger partial charge is 0.376 e. The fraction of sp³-hybridized carbons (Fsp3) is 0.429. The van der Waals surface area contributed by atoms with Gasteiger partial charge in [0.15, 0.2) is 0 Å². The second-order valence-corrected chi connectivity index (χ2v) is 2.02. The highest BCUT2D eigenvalue weighted by Crippen LogP contribution is 2.17. The van der Waals surface area contributed by atoms with E-state index in [9.17, 15) is 0 Å². The summed E-state index contributed by atoms with van der Waals surface area (Å²) in [5.74, 6) is 0.412. The van der Waals surface area contributed by atoms with Gasteiger partial charge in [0.25, 0.3) is 0 Å². The monoisotopic (exact) mass is 110 g/mol. The van der Waals surface area contributed by atoms with Crippen molar-refractivity contribution in [3.05, 3.63) is 24.8 Å². The molecule has 0 amide bonds. The van der Waals surface area contributed by atoms with E-state index in [-0.39, 0.29) is 0 Å². The van der Waals surface area contributed by atoms with Crippen molar-refractivity contribution in [1.29, 1.82) is 0 Å². The van der Waals surface area contributed by atoms with E-state index < -0.39 is 0 Å². The van der Waals surface area contributed by atoms with Gasteiger partial charge in [-0.15, -0.1) is 6.58 Å². The lowest BCUT2D eigenvalue weighted by Gasteiger charge is -1.96. The van der Waals surface area contributed by atoms with E-state index in [1.165, 1.54) is 0 Å². The zero-order valence-electron chi connectivity index (χ0n) is 4.89. The van der Waals surface area contributed by atoms with Gasteiger partial charge in [-0.25, -0.2) is 0 Å². The maximum atomic E-state index is 5.09. The Morgan fingerprint density at radius 1 is 1.75 bits per heavy atom. The van der Waals surface area contributed by atoms with Crippen LogP contribution in [0.25, 0.3) is 0 Å². The van der Waals surface area contributed by atoms with Crippen LogP contribution in [-0.2, 0) is 4.74 Å². The molecular weight excluding hydrogens is 100 g/mol. The summed E-state index contributed by atoms with van der Waals surface area (Å²) in [7, 11) is 0. The van der Waals surface area contributed by atoms with E-state index in [4.69, 9.17) is 4.74 Å². The zero-order chi connectivity index (χ0) is 5.98. The normalized spacial score (nSPS) is 28.5. The van der Waals surface area contributed by atoms with Crippen molar-refractivity contribution in [2.75, 3.05) is 13.2 Å². The molecule has 1 aliphatic rings. The number of hydrogen-bond acceptors (Lipinski definition) is 1. The molecule has 8 heavy (non-hydrogen) atoms. The van der Waals surface area contributed by atoms with Crippen LogP contribution in [0.15, 0.2) is 24.8 Å². The predicted molar refractivity (Wildman–Crippen MR) is 33.6 cm³/mol. The fourth-order valence-electron chi connectivity index (χ4n) is 0.777. The highest BCUT2D eigenvalue weighted by molar-refractivity contribution is 5.11. The molecule has 0 N–H and O–H groups in total. The Hall–Kier alpha value is -0.560. The van der Waals surface area contributed by atoms with Crippen LogP contribution in [0.4, 0.5) is 0 Å². The third kappa shape index (κ3) is 0.819. The molecule has 0 aromatic rings. The summed E-state index contributed by atoms with van der Waals surface area (Å²) < 4.78 is 5.09. The maximum Gasteiger partial charge on any atom is 0.0681 e. The van der Waals surface area contributed by atoms with Gasteiger partial charge in [0.2, 0.25) is 0 Å². The Morgan fingerprint density at radius 3 is 2.75 bits per heavy atom. The van der Waals surface area contributed by atoms with E-state index in [0.29, 0.717) is 5.92 Å². The van der Waals surface area contributed by atoms with Crippen LogP contribution in [-0.4, -0.2) is 13.2 Å². The van der Waals surface area contributed by atoms with Crippen LogP contribution in [0.2, 0.25) is 0 Å². The summed E-state index contributed by atoms with van der Waals surface area (Å²) in [6.07, 6.45) is 1.88. The van der Waals surface area contributed by atoms with Crippen LogP contribution in [0, 0.1) is 5.92 Å². The van der Waals surface area contributed by atoms with Gasteiger partial charge in [0.1, 0.15) is 0 Å². The Labute approximate surface area is 49.7 Å². The Bertz CT molecular complexity index is 116. The van der Waals surface area contributed by atoms with Gasteiger partial charge in [-0.2, -0.15) is 0 Å². The van der Waals surface area contributed by atoms with Crippen LogP contribution in [0.1, 0.15) is 0 Å². The molecule has 1 rings (SSSR count). The van der Waals surface area contributed by atoms with Crippen LogP contribution < -0.4 is 0 Å². The Balaban J connectivity index is 2.54. The third-order valence-corrected chi connectivity index (χ3v) is 1.39. The molecule has 0 aromatic carbocycles. The van der Waals surface area contributed by atoms with Crippen molar-refractivity contribution >= 4 is 0 Å². The summed E-state index contributed by atoms with van der Waals surface area (Å²) >= 11 is 0. The van der Waals surface area contributed by atoms with Crippen LogP contribution in [0.3, 0.4) is 0 Å². The summed E-state index contributed by atoms with van der Waals surface area (Å²) in [6.45, 7) is 8.96. The van der Waals surface area contributed by atoms with Gasteiger partial charge in [0, 0.05) is 5.92 Å². The molecule has 44 valence electrons. The molecule has 1 atom stereocenters. The van der Waals surface area contributed by atoms with Gasteiger partial charge in [-0.1, -0.05) is 12.7 Å². The van der Waals surface area contributed by atoms with Crippen LogP contribution in [0.5, 0.6) is 0 Å². The molecule has 1 heteroatoms. The van der Waals surface area contributed by atoms with E-state index in [2.05, 4.69) is 13.2 Å². The van der Waals surface area contributed by atoms with E-state index in [1.54, 1.807) is 0 Å². The average molecular weight is 110 g/mol. The average Bonchev–Trinajstić information content (AvgIpc) is 2.14. The van der Waals surface area contributed by atoms with Crippen molar-refractivity contribution in [2.24, 2.45) is 5.92 Å². The minimum Gasteiger partial charge on any atom is -0.376 e. The van der Waals surface area contributed by atoms with Gasteiger partial charge >= 0.3 is 0 Å². The van der Waals surface area contributed by atoms with Crippen molar-refractivity contribution in [1.82, 2.24) is 0 Å². The topological polar surface area (TPSA) is 9.23 Å². The molecule has 0 saturated carbocycles. The standard InChI is InChI=1S/C7H10O/c1-3-7-5-8-4-6(7)2/h3,7H,1-2,4-5H2. The first kappa shape index (κ1) is 5.57. The van der Waals surface area contributed by atoms with Crippen molar-refractivity contribution in [3.8, 4) is 0 Å². The first-order valence-corrected chi connectivity index (χ1v) is 2.72. The maximum absolute atomic E-state index is 5.09. The fourth-order valence-corrected chi connectivity index (χ4v) is 0.777. The van der Waals surface area contributed by atoms with Gasteiger partial charge < -0.3 is 4.74 Å². The minimum absolute atomic E-state index is 0.412. The van der Waals surface area contributed by atoms with Crippen molar-refractivity contribution < 1.29 is 4.74 Å². The molecular formula is C7H10O. The van der Waals surface area contributed by atoms with Gasteiger partial charge in [-0.05, 0) is 5.57 Å². The summed E-state index contributed by atoms with van der Waals surface area (Å²) in [6, 6.07) is 0.